The van der Waals surface area contributed by atoms with Crippen LogP contribution in [0.4, 0.5) is 11.4 Å². The molecule has 1 heterocycles. The lowest BCUT2D eigenvalue weighted by atomic mass is 10.2. The Morgan fingerprint density at radius 3 is 2.92 bits per heavy atom. The SMILES string of the molecule is Cc1ccc(C)c(SCC(=O)Nc2ccc3c(c2)NC(=O)CO3)c1. The molecule has 2 amide bonds. The highest BCUT2D eigenvalue weighted by Crippen LogP contribution is 2.30. The smallest absolute Gasteiger partial charge is 0.262 e. The summed E-state index contributed by atoms with van der Waals surface area (Å²) in [5.41, 5.74) is 3.54. The third-order valence-corrected chi connectivity index (χ3v) is 4.76. The summed E-state index contributed by atoms with van der Waals surface area (Å²) >= 11 is 1.51. The van der Waals surface area contributed by atoms with Gasteiger partial charge in [-0.25, -0.2) is 0 Å². The number of nitrogens with one attached hydrogen (secondary N) is 2. The highest BCUT2D eigenvalue weighted by Gasteiger charge is 2.16. The lowest BCUT2D eigenvalue weighted by Crippen LogP contribution is -2.25. The summed E-state index contributed by atoms with van der Waals surface area (Å²) in [6.07, 6.45) is 0. The Morgan fingerprint density at radius 1 is 1.25 bits per heavy atom. The zero-order valence-corrected chi connectivity index (χ0v) is 14.3. The van der Waals surface area contributed by atoms with E-state index in [-0.39, 0.29) is 18.4 Å². The summed E-state index contributed by atoms with van der Waals surface area (Å²) in [7, 11) is 0. The molecule has 24 heavy (non-hydrogen) atoms. The van der Waals surface area contributed by atoms with E-state index in [0.29, 0.717) is 22.9 Å². The summed E-state index contributed by atoms with van der Waals surface area (Å²) in [6.45, 7) is 4.09. The van der Waals surface area contributed by atoms with Gasteiger partial charge >= 0.3 is 0 Å². The van der Waals surface area contributed by atoms with E-state index in [2.05, 4.69) is 28.8 Å². The fourth-order valence-electron chi connectivity index (χ4n) is 2.36. The predicted molar refractivity (Wildman–Crippen MR) is 95.8 cm³/mol. The van der Waals surface area contributed by atoms with Gasteiger partial charge in [-0.15, -0.1) is 11.8 Å². The molecule has 0 aliphatic carbocycles. The molecule has 0 aromatic heterocycles. The second kappa shape index (κ2) is 6.97. The molecule has 0 radical (unpaired) electrons. The Kier molecular flexibility index (Phi) is 4.76. The average molecular weight is 342 g/mol. The number of benzene rings is 2. The topological polar surface area (TPSA) is 67.4 Å². The van der Waals surface area contributed by atoms with Crippen LogP contribution in [0.25, 0.3) is 0 Å². The Hall–Kier alpha value is -2.47. The van der Waals surface area contributed by atoms with Crippen LogP contribution in [0, 0.1) is 13.8 Å². The van der Waals surface area contributed by atoms with Gasteiger partial charge in [0.25, 0.3) is 5.91 Å². The number of carbonyl (C=O) groups is 2. The number of anilines is 2. The normalized spacial score (nSPS) is 12.8. The zero-order chi connectivity index (χ0) is 17.1. The molecule has 5 nitrogen and oxygen atoms in total. The Bertz CT molecular complexity index is 805. The summed E-state index contributed by atoms with van der Waals surface area (Å²) in [6, 6.07) is 11.4. The van der Waals surface area contributed by atoms with E-state index < -0.39 is 0 Å². The second-order valence-corrected chi connectivity index (χ2v) is 6.67. The van der Waals surface area contributed by atoms with Gasteiger partial charge in [-0.1, -0.05) is 17.7 Å². The maximum absolute atomic E-state index is 12.2. The fraction of sp³-hybridized carbons (Fsp3) is 0.222. The first-order valence-corrected chi connectivity index (χ1v) is 8.56. The number of hydrogen-bond acceptors (Lipinski definition) is 4. The predicted octanol–water partition coefficient (Wildman–Crippen LogP) is 3.37. The molecule has 0 saturated carbocycles. The zero-order valence-electron chi connectivity index (χ0n) is 13.5. The van der Waals surface area contributed by atoms with Crippen molar-refractivity contribution in [1.29, 1.82) is 0 Å². The van der Waals surface area contributed by atoms with E-state index >= 15 is 0 Å². The van der Waals surface area contributed by atoms with Gasteiger partial charge in [0.05, 0.1) is 11.4 Å². The lowest BCUT2D eigenvalue weighted by Gasteiger charge is -2.18. The first-order chi connectivity index (χ1) is 11.5. The summed E-state index contributed by atoms with van der Waals surface area (Å²) < 4.78 is 5.30. The minimum Gasteiger partial charge on any atom is -0.482 e. The molecule has 2 aromatic rings. The largest absolute Gasteiger partial charge is 0.482 e. The second-order valence-electron chi connectivity index (χ2n) is 5.65. The highest BCUT2D eigenvalue weighted by atomic mass is 32.2. The third kappa shape index (κ3) is 3.89. The molecule has 0 atom stereocenters. The number of fused-ring (bicyclic) bond motifs is 1. The van der Waals surface area contributed by atoms with E-state index in [1.807, 2.05) is 13.8 Å². The van der Waals surface area contributed by atoms with Crippen molar-refractivity contribution in [3.05, 3.63) is 47.5 Å². The van der Waals surface area contributed by atoms with Crippen molar-refractivity contribution in [2.45, 2.75) is 18.7 Å². The molecular weight excluding hydrogens is 324 g/mol. The van der Waals surface area contributed by atoms with Gasteiger partial charge < -0.3 is 15.4 Å². The van der Waals surface area contributed by atoms with Crippen molar-refractivity contribution in [1.82, 2.24) is 0 Å². The van der Waals surface area contributed by atoms with Gasteiger partial charge in [-0.3, -0.25) is 9.59 Å². The third-order valence-electron chi connectivity index (χ3n) is 3.60. The summed E-state index contributed by atoms with van der Waals surface area (Å²) in [5, 5.41) is 5.57. The van der Waals surface area contributed by atoms with Crippen LogP contribution in [0.2, 0.25) is 0 Å². The molecular formula is C18H18N2O3S. The van der Waals surface area contributed by atoms with Crippen LogP contribution in [0.15, 0.2) is 41.3 Å². The molecule has 0 spiro atoms. The van der Waals surface area contributed by atoms with Crippen molar-refractivity contribution in [3.63, 3.8) is 0 Å². The lowest BCUT2D eigenvalue weighted by molar-refractivity contribution is -0.118. The first-order valence-electron chi connectivity index (χ1n) is 7.58. The maximum atomic E-state index is 12.2. The van der Waals surface area contributed by atoms with Gasteiger partial charge in [-0.05, 0) is 43.7 Å². The van der Waals surface area contributed by atoms with Crippen molar-refractivity contribution in [2.24, 2.45) is 0 Å². The summed E-state index contributed by atoms with van der Waals surface area (Å²) in [5.74, 6) is 0.641. The number of ether oxygens (including phenoxy) is 1. The quantitative estimate of drug-likeness (QED) is 0.836. The standard InChI is InChI=1S/C18H18N2O3S/c1-11-3-4-12(2)16(7-11)24-10-18(22)19-13-5-6-15-14(8-13)20-17(21)9-23-15/h3-8H,9-10H2,1-2H3,(H,19,22)(H,20,21). The first kappa shape index (κ1) is 16.4. The number of rotatable bonds is 4. The fourth-order valence-corrected chi connectivity index (χ4v) is 3.29. The van der Waals surface area contributed by atoms with Crippen molar-refractivity contribution in [3.8, 4) is 5.75 Å². The number of aryl methyl sites for hydroxylation is 2. The van der Waals surface area contributed by atoms with E-state index in [0.717, 1.165) is 10.5 Å². The van der Waals surface area contributed by atoms with Gasteiger partial charge in [0, 0.05) is 10.6 Å². The van der Waals surface area contributed by atoms with Crippen LogP contribution in [0.5, 0.6) is 5.75 Å². The van der Waals surface area contributed by atoms with Gasteiger partial charge in [0.15, 0.2) is 6.61 Å². The molecule has 0 bridgehead atoms. The van der Waals surface area contributed by atoms with Crippen LogP contribution in [-0.2, 0) is 9.59 Å². The van der Waals surface area contributed by atoms with E-state index in [4.69, 9.17) is 4.74 Å². The van der Waals surface area contributed by atoms with E-state index in [1.165, 1.54) is 17.3 Å². The molecule has 2 aromatic carbocycles. The molecule has 3 rings (SSSR count). The van der Waals surface area contributed by atoms with Crippen LogP contribution < -0.4 is 15.4 Å². The van der Waals surface area contributed by atoms with Crippen LogP contribution in [0.1, 0.15) is 11.1 Å². The molecule has 1 aliphatic heterocycles. The molecule has 0 saturated heterocycles. The highest BCUT2D eigenvalue weighted by molar-refractivity contribution is 8.00. The van der Waals surface area contributed by atoms with Crippen LogP contribution >= 0.6 is 11.8 Å². The monoisotopic (exact) mass is 342 g/mol. The Labute approximate surface area is 144 Å². The van der Waals surface area contributed by atoms with Gasteiger partial charge in [-0.2, -0.15) is 0 Å². The van der Waals surface area contributed by atoms with Crippen molar-refractivity contribution < 1.29 is 14.3 Å². The van der Waals surface area contributed by atoms with Crippen molar-refractivity contribution in [2.75, 3.05) is 23.0 Å². The van der Waals surface area contributed by atoms with E-state index in [1.54, 1.807) is 18.2 Å². The van der Waals surface area contributed by atoms with Gasteiger partial charge in [0.2, 0.25) is 5.91 Å². The summed E-state index contributed by atoms with van der Waals surface area (Å²) in [4.78, 5) is 24.6. The molecule has 6 heteroatoms. The number of carbonyl (C=O) groups excluding carboxylic acids is 2. The number of hydrogen-bond donors (Lipinski definition) is 2. The Balaban J connectivity index is 1.62. The minimum atomic E-state index is -0.198. The van der Waals surface area contributed by atoms with Gasteiger partial charge in [0.1, 0.15) is 5.75 Å². The molecule has 1 aliphatic rings. The van der Waals surface area contributed by atoms with Crippen molar-refractivity contribution >= 4 is 35.0 Å². The minimum absolute atomic E-state index is 0.0190. The molecule has 0 unspecified atom stereocenters. The van der Waals surface area contributed by atoms with E-state index in [9.17, 15) is 9.59 Å². The molecule has 0 fully saturated rings. The Morgan fingerprint density at radius 2 is 2.08 bits per heavy atom. The number of thioether (sulfide) groups is 1. The van der Waals surface area contributed by atoms with Crippen LogP contribution in [-0.4, -0.2) is 24.2 Å². The maximum Gasteiger partial charge on any atom is 0.262 e. The average Bonchev–Trinajstić information content (AvgIpc) is 2.55. The molecule has 2 N–H and O–H groups in total. The number of amides is 2. The molecule has 124 valence electrons. The van der Waals surface area contributed by atoms with Crippen LogP contribution in [0.3, 0.4) is 0 Å².